The van der Waals surface area contributed by atoms with Gasteiger partial charge in [-0.3, -0.25) is 9.59 Å². The summed E-state index contributed by atoms with van der Waals surface area (Å²) in [5.41, 5.74) is 5.57. The third-order valence-corrected chi connectivity index (χ3v) is 3.21. The van der Waals surface area contributed by atoms with Crippen molar-refractivity contribution in [2.45, 2.75) is 12.2 Å². The lowest BCUT2D eigenvalue weighted by molar-refractivity contribution is -0.146. The number of hydrazone groups is 2. The van der Waals surface area contributed by atoms with E-state index in [2.05, 4.69) is 21.1 Å². The molecule has 8 heteroatoms. The molecular formula is C18H18N4O4. The number of carbonyl (C=O) groups is 2. The molecule has 2 aromatic carbocycles. The average molecular weight is 354 g/mol. The highest BCUT2D eigenvalue weighted by Crippen LogP contribution is 1.97. The molecule has 2 rings (SSSR count). The molecule has 0 heterocycles. The Bertz CT molecular complexity index is 711. The second kappa shape index (κ2) is 9.82. The van der Waals surface area contributed by atoms with E-state index in [4.69, 9.17) is 0 Å². The molecule has 0 fully saturated rings. The topological polar surface area (TPSA) is 123 Å². The maximum Gasteiger partial charge on any atom is 0.272 e. The minimum absolute atomic E-state index is 0.732. The van der Waals surface area contributed by atoms with Crippen LogP contribution >= 0.6 is 0 Å². The number of amides is 2. The van der Waals surface area contributed by atoms with Crippen molar-refractivity contribution in [2.24, 2.45) is 10.2 Å². The van der Waals surface area contributed by atoms with Gasteiger partial charge in [0.05, 0.1) is 12.4 Å². The molecule has 2 amide bonds. The standard InChI is InChI=1S/C18H18N4O4/c23-15(17(25)21-19-11-13-7-3-1-4-8-13)16(24)18(26)22-20-12-14-9-5-2-6-10-14/h1-12,15-16,23-24H,(H,21,25)(H,22,26)/b19-11-,20-12-/t15-,16-/m1/s1. The van der Waals surface area contributed by atoms with Gasteiger partial charge in [0.2, 0.25) is 0 Å². The second-order valence-corrected chi connectivity index (χ2v) is 5.18. The van der Waals surface area contributed by atoms with E-state index < -0.39 is 24.0 Å². The van der Waals surface area contributed by atoms with E-state index in [-0.39, 0.29) is 0 Å². The number of aliphatic hydroxyl groups is 2. The lowest BCUT2D eigenvalue weighted by Crippen LogP contribution is -2.47. The van der Waals surface area contributed by atoms with Gasteiger partial charge in [0.15, 0.2) is 12.2 Å². The maximum absolute atomic E-state index is 11.7. The highest BCUT2D eigenvalue weighted by atomic mass is 16.3. The molecule has 8 nitrogen and oxygen atoms in total. The summed E-state index contributed by atoms with van der Waals surface area (Å²) in [6.07, 6.45) is -1.26. The summed E-state index contributed by atoms with van der Waals surface area (Å²) in [5.74, 6) is -2.04. The van der Waals surface area contributed by atoms with Crippen molar-refractivity contribution in [3.8, 4) is 0 Å². The van der Waals surface area contributed by atoms with Crippen molar-refractivity contribution < 1.29 is 19.8 Å². The van der Waals surface area contributed by atoms with Gasteiger partial charge in [0.25, 0.3) is 11.8 Å². The molecule has 134 valence electrons. The summed E-state index contributed by atoms with van der Waals surface area (Å²) in [7, 11) is 0. The number of aliphatic hydroxyl groups excluding tert-OH is 2. The van der Waals surface area contributed by atoms with Crippen molar-refractivity contribution >= 4 is 24.2 Å². The lowest BCUT2D eigenvalue weighted by atomic mass is 10.2. The number of nitrogens with zero attached hydrogens (tertiary/aromatic N) is 2. The first kappa shape index (κ1) is 19.0. The predicted octanol–water partition coefficient (Wildman–Crippen LogP) is 0.00880. The predicted molar refractivity (Wildman–Crippen MR) is 96.4 cm³/mol. The van der Waals surface area contributed by atoms with Crippen LogP contribution in [0.25, 0.3) is 0 Å². The van der Waals surface area contributed by atoms with E-state index in [1.165, 1.54) is 12.4 Å². The van der Waals surface area contributed by atoms with Gasteiger partial charge in [-0.1, -0.05) is 60.7 Å². The first-order valence-corrected chi connectivity index (χ1v) is 7.70. The van der Waals surface area contributed by atoms with Gasteiger partial charge < -0.3 is 10.2 Å². The lowest BCUT2D eigenvalue weighted by Gasteiger charge is -2.14. The van der Waals surface area contributed by atoms with Crippen LogP contribution in [0.1, 0.15) is 11.1 Å². The van der Waals surface area contributed by atoms with Crippen LogP contribution in [0, 0.1) is 0 Å². The largest absolute Gasteiger partial charge is 0.380 e. The SMILES string of the molecule is O=C(N/N=C\c1ccccc1)[C@H](O)[C@@H](O)C(=O)N/N=C\c1ccccc1. The van der Waals surface area contributed by atoms with Gasteiger partial charge in [-0.15, -0.1) is 0 Å². The monoisotopic (exact) mass is 354 g/mol. The van der Waals surface area contributed by atoms with Crippen molar-refractivity contribution in [1.29, 1.82) is 0 Å². The normalized spacial score (nSPS) is 13.5. The minimum atomic E-state index is -1.99. The molecule has 0 aromatic heterocycles. The zero-order valence-electron chi connectivity index (χ0n) is 13.7. The summed E-state index contributed by atoms with van der Waals surface area (Å²) < 4.78 is 0. The van der Waals surface area contributed by atoms with Crippen LogP contribution in [0.5, 0.6) is 0 Å². The first-order valence-electron chi connectivity index (χ1n) is 7.70. The summed E-state index contributed by atoms with van der Waals surface area (Å²) in [6, 6.07) is 17.9. The Morgan fingerprint density at radius 1 is 0.731 bits per heavy atom. The zero-order chi connectivity index (χ0) is 18.8. The Kier molecular flexibility index (Phi) is 7.17. The van der Waals surface area contributed by atoms with Crippen LogP contribution in [0.2, 0.25) is 0 Å². The number of nitrogens with one attached hydrogen (secondary N) is 2. The van der Waals surface area contributed by atoms with Crippen LogP contribution in [-0.2, 0) is 9.59 Å². The molecule has 26 heavy (non-hydrogen) atoms. The fourth-order valence-electron chi connectivity index (χ4n) is 1.84. The Morgan fingerprint density at radius 2 is 1.08 bits per heavy atom. The van der Waals surface area contributed by atoms with Gasteiger partial charge in [-0.25, -0.2) is 10.9 Å². The Balaban J connectivity index is 1.82. The van der Waals surface area contributed by atoms with Crippen molar-refractivity contribution in [3.63, 3.8) is 0 Å². The molecule has 0 saturated carbocycles. The van der Waals surface area contributed by atoms with E-state index in [0.29, 0.717) is 0 Å². The molecule has 0 saturated heterocycles. The van der Waals surface area contributed by atoms with Crippen LogP contribution in [0.15, 0.2) is 70.9 Å². The number of carbonyl (C=O) groups excluding carboxylic acids is 2. The van der Waals surface area contributed by atoms with E-state index in [1.54, 1.807) is 48.5 Å². The van der Waals surface area contributed by atoms with Crippen LogP contribution in [-0.4, -0.2) is 46.7 Å². The van der Waals surface area contributed by atoms with Crippen molar-refractivity contribution in [2.75, 3.05) is 0 Å². The van der Waals surface area contributed by atoms with E-state index in [9.17, 15) is 19.8 Å². The van der Waals surface area contributed by atoms with Gasteiger partial charge in [-0.2, -0.15) is 10.2 Å². The van der Waals surface area contributed by atoms with Crippen molar-refractivity contribution in [3.05, 3.63) is 71.8 Å². The van der Waals surface area contributed by atoms with Crippen molar-refractivity contribution in [1.82, 2.24) is 10.9 Å². The second-order valence-electron chi connectivity index (χ2n) is 5.18. The van der Waals surface area contributed by atoms with E-state index >= 15 is 0 Å². The van der Waals surface area contributed by atoms with Crippen LogP contribution in [0.3, 0.4) is 0 Å². The highest BCUT2D eigenvalue weighted by Gasteiger charge is 2.30. The molecule has 4 N–H and O–H groups in total. The zero-order valence-corrected chi connectivity index (χ0v) is 13.7. The third-order valence-electron chi connectivity index (χ3n) is 3.21. The number of hydrogen-bond donors (Lipinski definition) is 4. The summed E-state index contributed by atoms with van der Waals surface area (Å²) in [5, 5.41) is 26.7. The Labute approximate surface area is 149 Å². The first-order chi connectivity index (χ1) is 12.6. The molecular weight excluding hydrogens is 336 g/mol. The van der Waals surface area contributed by atoms with E-state index in [1.807, 2.05) is 12.1 Å². The Morgan fingerprint density at radius 3 is 1.42 bits per heavy atom. The fourth-order valence-corrected chi connectivity index (χ4v) is 1.84. The van der Waals surface area contributed by atoms with Crippen LogP contribution in [0.4, 0.5) is 0 Å². The number of hydrogen-bond acceptors (Lipinski definition) is 6. The summed E-state index contributed by atoms with van der Waals surface area (Å²) in [6.45, 7) is 0. The molecule has 0 radical (unpaired) electrons. The van der Waals surface area contributed by atoms with Crippen LogP contribution < -0.4 is 10.9 Å². The molecule has 0 aliphatic carbocycles. The molecule has 0 aliphatic rings. The molecule has 0 aliphatic heterocycles. The van der Waals surface area contributed by atoms with E-state index in [0.717, 1.165) is 11.1 Å². The molecule has 0 bridgehead atoms. The fraction of sp³-hybridized carbons (Fsp3) is 0.111. The number of benzene rings is 2. The quantitative estimate of drug-likeness (QED) is 0.413. The summed E-state index contributed by atoms with van der Waals surface area (Å²) in [4.78, 5) is 23.4. The molecule has 0 unspecified atom stereocenters. The van der Waals surface area contributed by atoms with Gasteiger partial charge >= 0.3 is 0 Å². The van der Waals surface area contributed by atoms with Gasteiger partial charge in [-0.05, 0) is 11.1 Å². The minimum Gasteiger partial charge on any atom is -0.380 e. The number of rotatable bonds is 7. The molecule has 0 spiro atoms. The third kappa shape index (κ3) is 5.93. The Hall–Kier alpha value is -3.36. The smallest absolute Gasteiger partial charge is 0.272 e. The molecule has 2 atom stereocenters. The highest BCUT2D eigenvalue weighted by molar-refractivity contribution is 5.91. The maximum atomic E-state index is 11.7. The molecule has 2 aromatic rings. The van der Waals surface area contributed by atoms with Gasteiger partial charge in [0, 0.05) is 0 Å². The average Bonchev–Trinajstić information content (AvgIpc) is 2.68. The van der Waals surface area contributed by atoms with Gasteiger partial charge in [0.1, 0.15) is 0 Å². The summed E-state index contributed by atoms with van der Waals surface area (Å²) >= 11 is 0.